The van der Waals surface area contributed by atoms with Crippen molar-refractivity contribution in [2.45, 2.75) is 11.4 Å². The van der Waals surface area contributed by atoms with E-state index in [0.717, 1.165) is 4.31 Å². The summed E-state index contributed by atoms with van der Waals surface area (Å²) in [6.07, 6.45) is 0. The van der Waals surface area contributed by atoms with E-state index < -0.39 is 27.4 Å². The number of anilines is 1. The lowest BCUT2D eigenvalue weighted by Crippen LogP contribution is -2.37. The highest BCUT2D eigenvalue weighted by Gasteiger charge is 2.27. The van der Waals surface area contributed by atoms with E-state index in [1.165, 1.54) is 48.5 Å². The van der Waals surface area contributed by atoms with Gasteiger partial charge in [-0.25, -0.2) is 8.42 Å². The van der Waals surface area contributed by atoms with Crippen molar-refractivity contribution in [2.75, 3.05) is 11.9 Å². The van der Waals surface area contributed by atoms with Crippen molar-refractivity contribution in [3.05, 3.63) is 98.5 Å². The predicted octanol–water partition coefficient (Wildman–Crippen LogP) is 4.73. The molecule has 3 aromatic rings. The summed E-state index contributed by atoms with van der Waals surface area (Å²) >= 11 is 12.0. The van der Waals surface area contributed by atoms with Gasteiger partial charge in [0, 0.05) is 24.4 Å². The zero-order valence-electron chi connectivity index (χ0n) is 16.4. The number of nitro groups is 1. The maximum absolute atomic E-state index is 13.2. The Hall–Kier alpha value is -2.98. The maximum atomic E-state index is 13.2. The minimum Gasteiger partial charge on any atom is -0.325 e. The Morgan fingerprint density at radius 3 is 2.34 bits per heavy atom. The minimum atomic E-state index is -4.04. The van der Waals surface area contributed by atoms with E-state index in [1.54, 1.807) is 24.3 Å². The first kappa shape index (κ1) is 23.7. The fourth-order valence-corrected chi connectivity index (χ4v) is 4.59. The largest absolute Gasteiger partial charge is 0.325 e. The second kappa shape index (κ2) is 10.1. The van der Waals surface area contributed by atoms with Crippen molar-refractivity contribution in [2.24, 2.45) is 0 Å². The second-order valence-corrected chi connectivity index (χ2v) is 9.44. The average molecular weight is 494 g/mol. The third-order valence-electron chi connectivity index (χ3n) is 4.38. The van der Waals surface area contributed by atoms with Crippen LogP contribution in [0.4, 0.5) is 11.4 Å². The Kier molecular flexibility index (Phi) is 7.47. The van der Waals surface area contributed by atoms with Crippen molar-refractivity contribution < 1.29 is 18.1 Å². The van der Waals surface area contributed by atoms with Gasteiger partial charge in [-0.3, -0.25) is 14.9 Å². The number of hydrogen-bond donors (Lipinski definition) is 1. The van der Waals surface area contributed by atoms with Crippen molar-refractivity contribution in [3.63, 3.8) is 0 Å². The van der Waals surface area contributed by atoms with E-state index in [2.05, 4.69) is 5.32 Å². The summed E-state index contributed by atoms with van der Waals surface area (Å²) in [7, 11) is -4.04. The van der Waals surface area contributed by atoms with Crippen LogP contribution in [0, 0.1) is 10.1 Å². The number of carbonyl (C=O) groups is 1. The molecule has 0 saturated carbocycles. The van der Waals surface area contributed by atoms with Gasteiger partial charge in [0.2, 0.25) is 15.9 Å². The summed E-state index contributed by atoms with van der Waals surface area (Å²) in [5, 5.41) is 14.0. The number of non-ortho nitro benzene ring substituents is 1. The van der Waals surface area contributed by atoms with Crippen LogP contribution in [0.3, 0.4) is 0 Å². The van der Waals surface area contributed by atoms with Gasteiger partial charge < -0.3 is 5.32 Å². The van der Waals surface area contributed by atoms with Crippen LogP contribution >= 0.6 is 23.2 Å². The van der Waals surface area contributed by atoms with E-state index in [0.29, 0.717) is 10.6 Å². The van der Waals surface area contributed by atoms with Gasteiger partial charge >= 0.3 is 0 Å². The third kappa shape index (κ3) is 5.83. The lowest BCUT2D eigenvalue weighted by atomic mass is 10.2. The van der Waals surface area contributed by atoms with Crippen molar-refractivity contribution in [1.82, 2.24) is 4.31 Å². The van der Waals surface area contributed by atoms with Crippen LogP contribution in [-0.4, -0.2) is 30.1 Å². The second-order valence-electron chi connectivity index (χ2n) is 6.69. The fourth-order valence-electron chi connectivity index (χ4n) is 2.87. The molecule has 8 nitrogen and oxygen atoms in total. The molecule has 3 rings (SSSR count). The Bertz CT molecular complexity index is 1250. The number of sulfonamides is 1. The molecule has 0 atom stereocenters. The number of hydrogen-bond acceptors (Lipinski definition) is 5. The predicted molar refractivity (Wildman–Crippen MR) is 122 cm³/mol. The summed E-state index contributed by atoms with van der Waals surface area (Å²) in [6, 6.07) is 17.7. The Labute approximate surface area is 194 Å². The first-order chi connectivity index (χ1) is 15.2. The molecule has 0 aliphatic rings. The fraction of sp³-hybridized carbons (Fsp3) is 0.0952. The summed E-state index contributed by atoms with van der Waals surface area (Å²) in [5.41, 5.74) is 0.505. The summed E-state index contributed by atoms with van der Waals surface area (Å²) < 4.78 is 27.4. The van der Waals surface area contributed by atoms with Gasteiger partial charge in [0.1, 0.15) is 0 Å². The Morgan fingerprint density at radius 2 is 1.69 bits per heavy atom. The quantitative estimate of drug-likeness (QED) is 0.360. The van der Waals surface area contributed by atoms with Gasteiger partial charge in [0.25, 0.3) is 5.69 Å². The van der Waals surface area contributed by atoms with Crippen molar-refractivity contribution >= 4 is 50.5 Å². The molecule has 1 N–H and O–H groups in total. The van der Waals surface area contributed by atoms with Crippen LogP contribution in [0.1, 0.15) is 5.56 Å². The standard InChI is InChI=1S/C21H17Cl2N3O5S/c22-19-10-9-15(11-20(19)23)13-25(32(30,31)18-7-2-1-3-8-18)14-21(27)24-16-5-4-6-17(12-16)26(28)29/h1-12H,13-14H2,(H,24,27). The molecular formula is C21H17Cl2N3O5S. The van der Waals surface area contributed by atoms with Crippen LogP contribution in [0.25, 0.3) is 0 Å². The van der Waals surface area contributed by atoms with E-state index >= 15 is 0 Å². The molecule has 0 radical (unpaired) electrons. The third-order valence-corrected chi connectivity index (χ3v) is 6.93. The van der Waals surface area contributed by atoms with E-state index in [4.69, 9.17) is 23.2 Å². The van der Waals surface area contributed by atoms with Gasteiger partial charge in [-0.15, -0.1) is 0 Å². The van der Waals surface area contributed by atoms with Gasteiger partial charge in [-0.05, 0) is 35.9 Å². The SMILES string of the molecule is O=C(CN(Cc1ccc(Cl)c(Cl)c1)S(=O)(=O)c1ccccc1)Nc1cccc([N+](=O)[O-])c1. The molecule has 0 spiro atoms. The highest BCUT2D eigenvalue weighted by atomic mass is 35.5. The monoisotopic (exact) mass is 493 g/mol. The van der Waals surface area contributed by atoms with Crippen LogP contribution in [-0.2, 0) is 21.4 Å². The van der Waals surface area contributed by atoms with Gasteiger partial charge in [-0.2, -0.15) is 4.31 Å². The van der Waals surface area contributed by atoms with Crippen LogP contribution in [0.15, 0.2) is 77.7 Å². The molecular weight excluding hydrogens is 477 g/mol. The van der Waals surface area contributed by atoms with E-state index in [9.17, 15) is 23.3 Å². The number of benzene rings is 3. The molecule has 0 unspecified atom stereocenters. The molecule has 0 bridgehead atoms. The molecule has 166 valence electrons. The number of halogens is 2. The number of nitro benzene ring substituents is 1. The molecule has 0 saturated heterocycles. The number of carbonyl (C=O) groups excluding carboxylic acids is 1. The number of nitrogens with zero attached hydrogens (tertiary/aromatic N) is 2. The number of nitrogens with one attached hydrogen (secondary N) is 1. The molecule has 3 aromatic carbocycles. The highest BCUT2D eigenvalue weighted by molar-refractivity contribution is 7.89. The smallest absolute Gasteiger partial charge is 0.271 e. The number of rotatable bonds is 8. The van der Waals surface area contributed by atoms with E-state index in [1.807, 2.05) is 0 Å². The molecule has 0 fully saturated rings. The summed E-state index contributed by atoms with van der Waals surface area (Å²) in [4.78, 5) is 23.0. The molecule has 0 aromatic heterocycles. The highest BCUT2D eigenvalue weighted by Crippen LogP contribution is 2.25. The van der Waals surface area contributed by atoms with Crippen molar-refractivity contribution in [3.8, 4) is 0 Å². The van der Waals surface area contributed by atoms with Crippen molar-refractivity contribution in [1.29, 1.82) is 0 Å². The van der Waals surface area contributed by atoms with Crippen LogP contribution < -0.4 is 5.32 Å². The maximum Gasteiger partial charge on any atom is 0.271 e. The lowest BCUT2D eigenvalue weighted by molar-refractivity contribution is -0.384. The molecule has 0 heterocycles. The molecule has 11 heteroatoms. The van der Waals surface area contributed by atoms with Crippen LogP contribution in [0.5, 0.6) is 0 Å². The van der Waals surface area contributed by atoms with E-state index in [-0.39, 0.29) is 27.8 Å². The molecule has 0 aliphatic heterocycles. The van der Waals surface area contributed by atoms with Gasteiger partial charge in [0.05, 0.1) is 26.4 Å². The van der Waals surface area contributed by atoms with Gasteiger partial charge in [0.15, 0.2) is 0 Å². The average Bonchev–Trinajstić information content (AvgIpc) is 2.76. The first-order valence-corrected chi connectivity index (χ1v) is 11.4. The molecule has 0 aliphatic carbocycles. The summed E-state index contributed by atoms with van der Waals surface area (Å²) in [5.74, 6) is -0.662. The Morgan fingerprint density at radius 1 is 0.969 bits per heavy atom. The summed E-state index contributed by atoms with van der Waals surface area (Å²) in [6.45, 7) is -0.670. The zero-order valence-corrected chi connectivity index (χ0v) is 18.8. The Balaban J connectivity index is 1.88. The van der Waals surface area contributed by atoms with Crippen LogP contribution in [0.2, 0.25) is 10.0 Å². The first-order valence-electron chi connectivity index (χ1n) is 9.20. The topological polar surface area (TPSA) is 110 Å². The lowest BCUT2D eigenvalue weighted by Gasteiger charge is -2.22. The number of amides is 1. The zero-order chi connectivity index (χ0) is 23.3. The molecule has 1 amide bonds. The normalized spacial score (nSPS) is 11.3. The van der Waals surface area contributed by atoms with Gasteiger partial charge in [-0.1, -0.05) is 53.5 Å². The molecule has 32 heavy (non-hydrogen) atoms. The minimum absolute atomic E-state index is 0.0169.